The summed E-state index contributed by atoms with van der Waals surface area (Å²) in [5.41, 5.74) is 1.48. The summed E-state index contributed by atoms with van der Waals surface area (Å²) in [5.74, 6) is -0.362. The molecule has 0 saturated carbocycles. The van der Waals surface area contributed by atoms with Crippen molar-refractivity contribution in [2.75, 3.05) is 19.0 Å². The predicted octanol–water partition coefficient (Wildman–Crippen LogP) is 3.60. The number of fused-ring (bicyclic) bond motifs is 1. The number of nitrogens with zero attached hydrogens (tertiary/aromatic N) is 2. The number of hydrogen-bond acceptors (Lipinski definition) is 5. The van der Waals surface area contributed by atoms with Crippen LogP contribution in [0.4, 0.5) is 5.69 Å². The van der Waals surface area contributed by atoms with Gasteiger partial charge in [0.25, 0.3) is 0 Å². The van der Waals surface area contributed by atoms with E-state index in [2.05, 4.69) is 26.2 Å². The Morgan fingerprint density at radius 3 is 2.69 bits per heavy atom. The zero-order valence-electron chi connectivity index (χ0n) is 15.3. The van der Waals surface area contributed by atoms with E-state index in [1.807, 2.05) is 43.9 Å². The summed E-state index contributed by atoms with van der Waals surface area (Å²) >= 11 is 3.48. The standard InChI is InChI=1S/C19H22BrN3O3/c1-19(2,3)23-10-12(8-17(23)24)21-15-9-16(18(25)26-4)22-14-6-5-11(20)7-13(14)15/h5-7,9,12H,8,10H2,1-4H3,(H,21,22). The van der Waals surface area contributed by atoms with Crippen LogP contribution in [0.3, 0.4) is 0 Å². The molecule has 1 fully saturated rings. The molecular weight excluding hydrogens is 398 g/mol. The van der Waals surface area contributed by atoms with Gasteiger partial charge in [-0.25, -0.2) is 9.78 Å². The number of halogens is 1. The number of benzene rings is 1. The van der Waals surface area contributed by atoms with Crippen molar-refractivity contribution < 1.29 is 14.3 Å². The molecule has 0 spiro atoms. The summed E-state index contributed by atoms with van der Waals surface area (Å²) in [4.78, 5) is 30.6. The average molecular weight is 420 g/mol. The van der Waals surface area contributed by atoms with Gasteiger partial charge in [0.15, 0.2) is 5.69 Å². The fraction of sp³-hybridized carbons (Fsp3) is 0.421. The number of methoxy groups -OCH3 is 1. The van der Waals surface area contributed by atoms with Crippen molar-refractivity contribution in [1.82, 2.24) is 9.88 Å². The first kappa shape index (κ1) is 18.6. The van der Waals surface area contributed by atoms with Gasteiger partial charge in [0, 0.05) is 34.1 Å². The molecule has 3 rings (SSSR count). The molecule has 26 heavy (non-hydrogen) atoms. The van der Waals surface area contributed by atoms with Crippen molar-refractivity contribution >= 4 is 44.4 Å². The van der Waals surface area contributed by atoms with Gasteiger partial charge < -0.3 is 15.0 Å². The molecule has 1 atom stereocenters. The van der Waals surface area contributed by atoms with Crippen molar-refractivity contribution in [2.24, 2.45) is 0 Å². The van der Waals surface area contributed by atoms with Crippen LogP contribution in [0.5, 0.6) is 0 Å². The Kier molecular flexibility index (Phi) is 4.92. The Morgan fingerprint density at radius 2 is 2.08 bits per heavy atom. The second-order valence-corrected chi connectivity index (χ2v) is 8.34. The summed E-state index contributed by atoms with van der Waals surface area (Å²) in [6.07, 6.45) is 0.419. The largest absolute Gasteiger partial charge is 0.464 e. The van der Waals surface area contributed by atoms with Gasteiger partial charge in [-0.15, -0.1) is 0 Å². The maximum atomic E-state index is 12.4. The van der Waals surface area contributed by atoms with Crippen molar-refractivity contribution in [3.63, 3.8) is 0 Å². The number of ether oxygens (including phenoxy) is 1. The van der Waals surface area contributed by atoms with E-state index in [1.165, 1.54) is 7.11 Å². The lowest BCUT2D eigenvalue weighted by atomic mass is 10.1. The first-order chi connectivity index (χ1) is 12.2. The van der Waals surface area contributed by atoms with Crippen LogP contribution in [0, 0.1) is 0 Å². The number of carbonyl (C=O) groups excluding carboxylic acids is 2. The van der Waals surface area contributed by atoms with Gasteiger partial charge in [-0.05, 0) is 45.0 Å². The minimum Gasteiger partial charge on any atom is -0.464 e. The minimum atomic E-state index is -0.489. The van der Waals surface area contributed by atoms with Gasteiger partial charge in [-0.2, -0.15) is 0 Å². The number of anilines is 1. The lowest BCUT2D eigenvalue weighted by Gasteiger charge is -2.32. The maximum Gasteiger partial charge on any atom is 0.356 e. The van der Waals surface area contributed by atoms with E-state index in [0.29, 0.717) is 18.5 Å². The van der Waals surface area contributed by atoms with E-state index < -0.39 is 5.97 Å². The zero-order valence-corrected chi connectivity index (χ0v) is 16.9. The fourth-order valence-corrected chi connectivity index (χ4v) is 3.56. The van der Waals surface area contributed by atoms with Crippen LogP contribution in [0.25, 0.3) is 10.9 Å². The number of amides is 1. The molecule has 2 heterocycles. The molecule has 1 aromatic heterocycles. The molecule has 0 radical (unpaired) electrons. The van der Waals surface area contributed by atoms with Crippen LogP contribution in [-0.2, 0) is 9.53 Å². The number of hydrogen-bond donors (Lipinski definition) is 1. The molecular formula is C19H22BrN3O3. The van der Waals surface area contributed by atoms with Crippen LogP contribution in [-0.4, -0.2) is 47.0 Å². The van der Waals surface area contributed by atoms with Crippen molar-refractivity contribution in [2.45, 2.75) is 38.8 Å². The van der Waals surface area contributed by atoms with Crippen molar-refractivity contribution in [1.29, 1.82) is 0 Å². The second kappa shape index (κ2) is 6.87. The highest BCUT2D eigenvalue weighted by Crippen LogP contribution is 2.30. The molecule has 1 aliphatic heterocycles. The quantitative estimate of drug-likeness (QED) is 0.769. The normalized spacial score (nSPS) is 17.7. The summed E-state index contributed by atoms with van der Waals surface area (Å²) in [5, 5.41) is 4.31. The molecule has 1 amide bonds. The smallest absolute Gasteiger partial charge is 0.356 e. The van der Waals surface area contributed by atoms with E-state index in [0.717, 1.165) is 15.5 Å². The molecule has 1 saturated heterocycles. The lowest BCUT2D eigenvalue weighted by molar-refractivity contribution is -0.131. The van der Waals surface area contributed by atoms with Crippen LogP contribution >= 0.6 is 15.9 Å². The van der Waals surface area contributed by atoms with Gasteiger partial charge in [0.2, 0.25) is 5.91 Å². The molecule has 1 unspecified atom stereocenters. The van der Waals surface area contributed by atoms with Gasteiger partial charge in [-0.1, -0.05) is 15.9 Å². The molecule has 1 aromatic carbocycles. The number of nitrogens with one attached hydrogen (secondary N) is 1. The maximum absolute atomic E-state index is 12.4. The van der Waals surface area contributed by atoms with E-state index in [1.54, 1.807) is 6.07 Å². The van der Waals surface area contributed by atoms with E-state index in [9.17, 15) is 9.59 Å². The molecule has 138 valence electrons. The third kappa shape index (κ3) is 3.67. The van der Waals surface area contributed by atoms with Crippen LogP contribution in [0.15, 0.2) is 28.7 Å². The second-order valence-electron chi connectivity index (χ2n) is 7.43. The van der Waals surface area contributed by atoms with Crippen molar-refractivity contribution in [3.8, 4) is 0 Å². The Morgan fingerprint density at radius 1 is 1.35 bits per heavy atom. The molecule has 1 N–H and O–H groups in total. The van der Waals surface area contributed by atoms with E-state index in [4.69, 9.17) is 4.74 Å². The number of pyridine rings is 1. The Bertz CT molecular complexity index is 876. The third-order valence-electron chi connectivity index (χ3n) is 4.46. The summed E-state index contributed by atoms with van der Waals surface area (Å²) in [6, 6.07) is 7.32. The Hall–Kier alpha value is -2.15. The van der Waals surface area contributed by atoms with Gasteiger partial charge >= 0.3 is 5.97 Å². The molecule has 1 aliphatic rings. The SMILES string of the molecule is COC(=O)c1cc(NC2CC(=O)N(C(C)(C)C)C2)c2cc(Br)ccc2n1. The number of carbonyl (C=O) groups is 2. The molecule has 2 aromatic rings. The highest BCUT2D eigenvalue weighted by molar-refractivity contribution is 9.10. The van der Waals surface area contributed by atoms with Crippen LogP contribution in [0.1, 0.15) is 37.7 Å². The Balaban J connectivity index is 1.97. The number of esters is 1. The zero-order chi connectivity index (χ0) is 19.1. The van der Waals surface area contributed by atoms with E-state index in [-0.39, 0.29) is 23.2 Å². The van der Waals surface area contributed by atoms with Crippen LogP contribution < -0.4 is 5.32 Å². The number of rotatable bonds is 3. The van der Waals surface area contributed by atoms with Crippen LogP contribution in [0.2, 0.25) is 0 Å². The summed E-state index contributed by atoms with van der Waals surface area (Å²) < 4.78 is 5.73. The highest BCUT2D eigenvalue weighted by Gasteiger charge is 2.36. The summed E-state index contributed by atoms with van der Waals surface area (Å²) in [6.45, 7) is 6.71. The van der Waals surface area contributed by atoms with Gasteiger partial charge in [0.1, 0.15) is 0 Å². The summed E-state index contributed by atoms with van der Waals surface area (Å²) in [7, 11) is 1.33. The molecule has 0 aliphatic carbocycles. The topological polar surface area (TPSA) is 71.5 Å². The number of likely N-dealkylation sites (tertiary alicyclic amines) is 1. The van der Waals surface area contributed by atoms with Gasteiger partial charge in [0.05, 0.1) is 18.7 Å². The van der Waals surface area contributed by atoms with E-state index >= 15 is 0 Å². The highest BCUT2D eigenvalue weighted by atomic mass is 79.9. The van der Waals surface area contributed by atoms with Crippen molar-refractivity contribution in [3.05, 3.63) is 34.4 Å². The molecule has 6 nitrogen and oxygen atoms in total. The molecule has 0 bridgehead atoms. The third-order valence-corrected chi connectivity index (χ3v) is 4.95. The molecule has 7 heteroatoms. The monoisotopic (exact) mass is 419 g/mol. The van der Waals surface area contributed by atoms with Gasteiger partial charge in [-0.3, -0.25) is 4.79 Å². The number of aromatic nitrogens is 1. The Labute approximate surface area is 161 Å². The minimum absolute atomic E-state index is 0.0307. The lowest BCUT2D eigenvalue weighted by Crippen LogP contribution is -2.43. The average Bonchev–Trinajstić information content (AvgIpc) is 2.95. The fourth-order valence-electron chi connectivity index (χ4n) is 3.20. The predicted molar refractivity (Wildman–Crippen MR) is 104 cm³/mol. The first-order valence-corrected chi connectivity index (χ1v) is 9.24. The first-order valence-electron chi connectivity index (χ1n) is 8.44.